The summed E-state index contributed by atoms with van der Waals surface area (Å²) in [4.78, 5) is 0. The zero-order valence-electron chi connectivity index (χ0n) is 10.8. The molecule has 2 bridgehead atoms. The summed E-state index contributed by atoms with van der Waals surface area (Å²) in [7, 11) is 0. The Morgan fingerprint density at radius 3 is 2.75 bits per heavy atom. The van der Waals surface area contributed by atoms with Gasteiger partial charge in [0, 0.05) is 0 Å². The minimum atomic E-state index is 0.471. The third-order valence-electron chi connectivity index (χ3n) is 5.74. The van der Waals surface area contributed by atoms with Crippen molar-refractivity contribution in [3.8, 4) is 0 Å². The van der Waals surface area contributed by atoms with Crippen LogP contribution in [-0.2, 0) is 4.74 Å². The Kier molecular flexibility index (Phi) is 2.99. The van der Waals surface area contributed by atoms with Crippen LogP contribution < -0.4 is 0 Å². The molecular weight excluding hydrogens is 196 g/mol. The van der Waals surface area contributed by atoms with E-state index in [1.807, 2.05) is 0 Å². The van der Waals surface area contributed by atoms with E-state index < -0.39 is 0 Å². The van der Waals surface area contributed by atoms with Crippen LogP contribution in [0.5, 0.6) is 0 Å². The number of hydrogen-bond acceptors (Lipinski definition) is 1. The van der Waals surface area contributed by atoms with Crippen LogP contribution in [0.2, 0.25) is 0 Å². The highest BCUT2D eigenvalue weighted by Gasteiger charge is 2.53. The first-order valence-corrected chi connectivity index (χ1v) is 7.41. The minimum Gasteiger partial charge on any atom is -0.378 e. The van der Waals surface area contributed by atoms with Gasteiger partial charge in [-0.15, -0.1) is 0 Å². The molecule has 6 atom stereocenters. The molecule has 92 valence electrons. The highest BCUT2D eigenvalue weighted by atomic mass is 16.5. The Hall–Kier alpha value is -0.0400. The Balaban J connectivity index is 1.56. The number of rotatable bonds is 4. The van der Waals surface area contributed by atoms with E-state index in [0.717, 1.165) is 42.6 Å². The summed E-state index contributed by atoms with van der Waals surface area (Å²) in [5, 5.41) is 0. The van der Waals surface area contributed by atoms with E-state index in [2.05, 4.69) is 13.8 Å². The fourth-order valence-corrected chi connectivity index (χ4v) is 4.81. The molecule has 1 heteroatoms. The van der Waals surface area contributed by atoms with Crippen molar-refractivity contribution < 1.29 is 4.74 Å². The van der Waals surface area contributed by atoms with E-state index in [1.165, 1.54) is 19.3 Å². The maximum absolute atomic E-state index is 5.98. The molecule has 0 aliphatic heterocycles. The summed E-state index contributed by atoms with van der Waals surface area (Å²) < 4.78 is 5.98. The lowest BCUT2D eigenvalue weighted by Gasteiger charge is -2.32. The third kappa shape index (κ3) is 1.72. The Labute approximate surface area is 99.9 Å². The topological polar surface area (TPSA) is 9.23 Å². The summed E-state index contributed by atoms with van der Waals surface area (Å²) in [6.45, 7) is 5.49. The zero-order chi connectivity index (χ0) is 11.1. The van der Waals surface area contributed by atoms with Crippen molar-refractivity contribution in [3.05, 3.63) is 0 Å². The molecule has 3 fully saturated rings. The van der Waals surface area contributed by atoms with Crippen molar-refractivity contribution in [2.75, 3.05) is 6.61 Å². The van der Waals surface area contributed by atoms with Gasteiger partial charge in [-0.2, -0.15) is 0 Å². The second-order valence-corrected chi connectivity index (χ2v) is 6.47. The summed E-state index contributed by atoms with van der Waals surface area (Å²) in [5.41, 5.74) is 0. The summed E-state index contributed by atoms with van der Waals surface area (Å²) in [6, 6.07) is 0. The van der Waals surface area contributed by atoms with Crippen LogP contribution in [0.25, 0.3) is 0 Å². The molecule has 0 aromatic heterocycles. The highest BCUT2D eigenvalue weighted by molar-refractivity contribution is 5.02. The predicted octanol–water partition coefficient (Wildman–Crippen LogP) is 3.87. The van der Waals surface area contributed by atoms with E-state index in [0.29, 0.717) is 6.10 Å². The molecule has 6 unspecified atom stereocenters. The van der Waals surface area contributed by atoms with Gasteiger partial charge in [-0.1, -0.05) is 13.3 Å². The molecule has 0 radical (unpaired) electrons. The lowest BCUT2D eigenvalue weighted by atomic mass is 9.76. The molecule has 0 aromatic rings. The highest BCUT2D eigenvalue weighted by Crippen LogP contribution is 2.60. The Morgan fingerprint density at radius 2 is 1.94 bits per heavy atom. The summed E-state index contributed by atoms with van der Waals surface area (Å²) in [5.74, 6) is 5.28. The molecule has 0 heterocycles. The average Bonchev–Trinajstić information content (AvgIpc) is 2.96. The quantitative estimate of drug-likeness (QED) is 0.701. The molecule has 0 spiro atoms. The number of ether oxygens (including phenoxy) is 1. The van der Waals surface area contributed by atoms with E-state index in [9.17, 15) is 0 Å². The molecule has 1 nitrogen and oxygen atoms in total. The van der Waals surface area contributed by atoms with E-state index in [-0.39, 0.29) is 0 Å². The predicted molar refractivity (Wildman–Crippen MR) is 66.2 cm³/mol. The molecule has 3 aliphatic carbocycles. The van der Waals surface area contributed by atoms with E-state index in [4.69, 9.17) is 4.74 Å². The molecule has 0 amide bonds. The number of hydrogen-bond donors (Lipinski definition) is 0. The maximum atomic E-state index is 5.98. The van der Waals surface area contributed by atoms with Gasteiger partial charge in [0.2, 0.25) is 0 Å². The van der Waals surface area contributed by atoms with Gasteiger partial charge in [0.15, 0.2) is 0 Å². The maximum Gasteiger partial charge on any atom is 0.0544 e. The second kappa shape index (κ2) is 4.33. The number of fused-ring (bicyclic) bond motifs is 5. The Bertz CT molecular complexity index is 250. The van der Waals surface area contributed by atoms with Crippen molar-refractivity contribution in [3.63, 3.8) is 0 Å². The average molecular weight is 222 g/mol. The van der Waals surface area contributed by atoms with Crippen molar-refractivity contribution >= 4 is 0 Å². The lowest BCUT2D eigenvalue weighted by Crippen LogP contribution is -2.28. The van der Waals surface area contributed by atoms with Gasteiger partial charge in [-0.05, 0) is 68.6 Å². The Morgan fingerprint density at radius 1 is 1.12 bits per heavy atom. The van der Waals surface area contributed by atoms with Crippen LogP contribution in [0, 0.1) is 29.6 Å². The summed E-state index contributed by atoms with van der Waals surface area (Å²) >= 11 is 0. The molecule has 3 aliphatic rings. The lowest BCUT2D eigenvalue weighted by molar-refractivity contribution is 0.0117. The van der Waals surface area contributed by atoms with Crippen LogP contribution in [0.4, 0.5) is 0 Å². The zero-order valence-corrected chi connectivity index (χ0v) is 10.8. The van der Waals surface area contributed by atoms with Gasteiger partial charge in [0.05, 0.1) is 12.7 Å². The molecular formula is C15H26O. The van der Waals surface area contributed by atoms with Crippen LogP contribution in [0.1, 0.15) is 52.4 Å². The largest absolute Gasteiger partial charge is 0.378 e. The van der Waals surface area contributed by atoms with Gasteiger partial charge in [0.25, 0.3) is 0 Å². The molecule has 0 N–H and O–H groups in total. The first-order chi connectivity index (χ1) is 7.79. The fraction of sp³-hybridized carbons (Fsp3) is 1.00. The van der Waals surface area contributed by atoms with Crippen molar-refractivity contribution in [1.29, 1.82) is 0 Å². The van der Waals surface area contributed by atoms with Crippen LogP contribution >= 0.6 is 0 Å². The minimum absolute atomic E-state index is 0.471. The van der Waals surface area contributed by atoms with Gasteiger partial charge in [-0.25, -0.2) is 0 Å². The standard InChI is InChI=1S/C15H26O/c1-3-10(2)16-9-12-7-11-8-15(12)14-6-4-5-13(11)14/h10-15H,3-9H2,1-2H3. The van der Waals surface area contributed by atoms with Crippen molar-refractivity contribution in [2.45, 2.75) is 58.5 Å². The van der Waals surface area contributed by atoms with E-state index >= 15 is 0 Å². The van der Waals surface area contributed by atoms with Crippen LogP contribution in [0.15, 0.2) is 0 Å². The SMILES string of the molecule is CCC(C)OCC1CC2CC1C1CCCC21. The van der Waals surface area contributed by atoms with Crippen LogP contribution in [-0.4, -0.2) is 12.7 Å². The molecule has 0 saturated heterocycles. The third-order valence-corrected chi connectivity index (χ3v) is 5.74. The van der Waals surface area contributed by atoms with Gasteiger partial charge < -0.3 is 4.74 Å². The second-order valence-electron chi connectivity index (χ2n) is 6.47. The van der Waals surface area contributed by atoms with Crippen molar-refractivity contribution in [1.82, 2.24) is 0 Å². The van der Waals surface area contributed by atoms with E-state index in [1.54, 1.807) is 12.8 Å². The first kappa shape index (κ1) is 11.1. The molecule has 3 rings (SSSR count). The van der Waals surface area contributed by atoms with Gasteiger partial charge >= 0.3 is 0 Å². The molecule has 16 heavy (non-hydrogen) atoms. The monoisotopic (exact) mass is 222 g/mol. The van der Waals surface area contributed by atoms with Crippen molar-refractivity contribution in [2.24, 2.45) is 29.6 Å². The van der Waals surface area contributed by atoms with Gasteiger partial charge in [0.1, 0.15) is 0 Å². The fourth-order valence-electron chi connectivity index (χ4n) is 4.81. The summed E-state index contributed by atoms with van der Waals surface area (Å²) in [6.07, 6.45) is 9.26. The van der Waals surface area contributed by atoms with Gasteiger partial charge in [-0.3, -0.25) is 0 Å². The smallest absolute Gasteiger partial charge is 0.0544 e. The molecule has 0 aromatic carbocycles. The first-order valence-electron chi connectivity index (χ1n) is 7.41. The normalized spacial score (nSPS) is 47.2. The molecule has 3 saturated carbocycles. The van der Waals surface area contributed by atoms with Crippen LogP contribution in [0.3, 0.4) is 0 Å².